The van der Waals surface area contributed by atoms with Gasteiger partial charge in [0, 0.05) is 0 Å². The fraction of sp³-hybridized carbons (Fsp3) is 0.941. The SMILES string of the molecule is CCCCCCCCCCCCCCCCOC(=O)C(C)(C)C(=O)OCCCCCCCCCCCCC. The van der Waals surface area contributed by atoms with Crippen LogP contribution >= 0.6 is 0 Å². The van der Waals surface area contributed by atoms with Gasteiger partial charge in [-0.15, -0.1) is 0 Å². The molecule has 4 nitrogen and oxygen atoms in total. The molecule has 0 spiro atoms. The number of esters is 2. The maximum absolute atomic E-state index is 12.4. The number of carbonyl (C=O) groups excluding carboxylic acids is 2. The first-order valence-corrected chi connectivity index (χ1v) is 16.8. The lowest BCUT2D eigenvalue weighted by Gasteiger charge is -2.20. The monoisotopic (exact) mass is 538 g/mol. The molecule has 0 atom stereocenters. The molecule has 0 aliphatic carbocycles. The lowest BCUT2D eigenvalue weighted by molar-refractivity contribution is -0.170. The molecule has 0 aliphatic heterocycles. The van der Waals surface area contributed by atoms with Gasteiger partial charge in [0.1, 0.15) is 0 Å². The Balaban J connectivity index is 3.57. The van der Waals surface area contributed by atoms with Crippen molar-refractivity contribution in [3.63, 3.8) is 0 Å². The first-order valence-electron chi connectivity index (χ1n) is 16.8. The lowest BCUT2D eigenvalue weighted by Crippen LogP contribution is -2.37. The third-order valence-corrected chi connectivity index (χ3v) is 7.73. The summed E-state index contributed by atoms with van der Waals surface area (Å²) in [5, 5.41) is 0. The van der Waals surface area contributed by atoms with Crippen LogP contribution in [-0.2, 0) is 19.1 Å². The summed E-state index contributed by atoms with van der Waals surface area (Å²) < 4.78 is 10.8. The minimum atomic E-state index is -1.23. The highest BCUT2D eigenvalue weighted by Gasteiger charge is 2.39. The standard InChI is InChI=1S/C34H66O4/c1-5-7-9-11-13-15-17-18-19-21-23-25-27-29-31-38-33(36)34(3,4)32(35)37-30-28-26-24-22-20-16-14-12-10-8-6-2/h5-31H2,1-4H3. The molecule has 0 aromatic heterocycles. The van der Waals surface area contributed by atoms with Crippen LogP contribution in [0.4, 0.5) is 0 Å². The van der Waals surface area contributed by atoms with E-state index in [1.54, 1.807) is 13.8 Å². The molecule has 0 aromatic carbocycles. The lowest BCUT2D eigenvalue weighted by atomic mass is 9.94. The minimum absolute atomic E-state index is 0.394. The average molecular weight is 539 g/mol. The van der Waals surface area contributed by atoms with Crippen molar-refractivity contribution in [1.82, 2.24) is 0 Å². The molecule has 0 radical (unpaired) electrons. The molecule has 0 unspecified atom stereocenters. The van der Waals surface area contributed by atoms with Crippen LogP contribution in [0.5, 0.6) is 0 Å². The molecule has 226 valence electrons. The van der Waals surface area contributed by atoms with Gasteiger partial charge in [0.25, 0.3) is 0 Å². The van der Waals surface area contributed by atoms with Crippen LogP contribution < -0.4 is 0 Å². The minimum Gasteiger partial charge on any atom is -0.465 e. The van der Waals surface area contributed by atoms with Gasteiger partial charge in [0.2, 0.25) is 0 Å². The van der Waals surface area contributed by atoms with Gasteiger partial charge < -0.3 is 9.47 Å². The van der Waals surface area contributed by atoms with Crippen LogP contribution in [0.3, 0.4) is 0 Å². The Kier molecular flexibility index (Phi) is 26.7. The van der Waals surface area contributed by atoms with Gasteiger partial charge in [-0.25, -0.2) is 0 Å². The van der Waals surface area contributed by atoms with Crippen molar-refractivity contribution in [1.29, 1.82) is 0 Å². The molecule has 0 rings (SSSR count). The highest BCUT2D eigenvalue weighted by Crippen LogP contribution is 2.21. The van der Waals surface area contributed by atoms with Crippen LogP contribution in [0, 0.1) is 5.41 Å². The van der Waals surface area contributed by atoms with Gasteiger partial charge in [-0.2, -0.15) is 0 Å². The van der Waals surface area contributed by atoms with Crippen LogP contribution in [0.2, 0.25) is 0 Å². The Labute approximate surface area is 237 Å². The number of carbonyl (C=O) groups is 2. The van der Waals surface area contributed by atoms with Crippen molar-refractivity contribution in [2.45, 2.75) is 188 Å². The Bertz CT molecular complexity index is 529. The summed E-state index contributed by atoms with van der Waals surface area (Å²) >= 11 is 0. The van der Waals surface area contributed by atoms with E-state index in [1.165, 1.54) is 135 Å². The Morgan fingerprint density at radius 3 is 0.842 bits per heavy atom. The van der Waals surface area contributed by atoms with Crippen LogP contribution in [0.1, 0.15) is 188 Å². The van der Waals surface area contributed by atoms with E-state index in [-0.39, 0.29) is 0 Å². The first-order chi connectivity index (χ1) is 18.5. The first kappa shape index (κ1) is 36.9. The zero-order valence-corrected chi connectivity index (χ0v) is 26.2. The molecule has 0 saturated carbocycles. The molecule has 0 heterocycles. The van der Waals surface area contributed by atoms with E-state index in [9.17, 15) is 9.59 Å². The highest BCUT2D eigenvalue weighted by atomic mass is 16.6. The third kappa shape index (κ3) is 22.9. The van der Waals surface area contributed by atoms with Gasteiger partial charge in [-0.3, -0.25) is 9.59 Å². The number of unbranched alkanes of at least 4 members (excludes halogenated alkanes) is 23. The predicted molar refractivity (Wildman–Crippen MR) is 162 cm³/mol. The van der Waals surface area contributed by atoms with Crippen LogP contribution in [0.15, 0.2) is 0 Å². The molecule has 0 amide bonds. The van der Waals surface area contributed by atoms with Crippen molar-refractivity contribution in [3.8, 4) is 0 Å². The zero-order chi connectivity index (χ0) is 28.2. The molecule has 0 fully saturated rings. The van der Waals surface area contributed by atoms with E-state index < -0.39 is 17.4 Å². The summed E-state index contributed by atoms with van der Waals surface area (Å²) in [6, 6.07) is 0. The van der Waals surface area contributed by atoms with E-state index in [0.717, 1.165) is 25.7 Å². The largest absolute Gasteiger partial charge is 0.465 e. The van der Waals surface area contributed by atoms with Crippen molar-refractivity contribution in [3.05, 3.63) is 0 Å². The maximum Gasteiger partial charge on any atom is 0.322 e. The molecule has 4 heteroatoms. The van der Waals surface area contributed by atoms with E-state index in [4.69, 9.17) is 9.47 Å². The molecule has 0 bridgehead atoms. The Hall–Kier alpha value is -1.06. The number of hydrogen-bond acceptors (Lipinski definition) is 4. The number of rotatable bonds is 29. The Morgan fingerprint density at radius 1 is 0.395 bits per heavy atom. The molecule has 0 saturated heterocycles. The number of hydrogen-bond donors (Lipinski definition) is 0. The zero-order valence-electron chi connectivity index (χ0n) is 26.2. The fourth-order valence-electron chi connectivity index (χ4n) is 4.84. The van der Waals surface area contributed by atoms with Gasteiger partial charge in [-0.1, -0.05) is 162 Å². The fourth-order valence-corrected chi connectivity index (χ4v) is 4.84. The molecule has 0 N–H and O–H groups in total. The second-order valence-electron chi connectivity index (χ2n) is 12.0. The number of ether oxygens (including phenoxy) is 2. The average Bonchev–Trinajstić information content (AvgIpc) is 2.91. The van der Waals surface area contributed by atoms with Crippen molar-refractivity contribution < 1.29 is 19.1 Å². The summed E-state index contributed by atoms with van der Waals surface area (Å²) in [5.74, 6) is -0.924. The summed E-state index contributed by atoms with van der Waals surface area (Å²) in [5.41, 5.74) is -1.23. The summed E-state index contributed by atoms with van der Waals surface area (Å²) in [6.07, 6.45) is 32.0. The summed E-state index contributed by atoms with van der Waals surface area (Å²) in [4.78, 5) is 24.9. The third-order valence-electron chi connectivity index (χ3n) is 7.73. The maximum atomic E-state index is 12.4. The van der Waals surface area contributed by atoms with Crippen molar-refractivity contribution in [2.75, 3.05) is 13.2 Å². The molecule has 0 aromatic rings. The molecule has 38 heavy (non-hydrogen) atoms. The quantitative estimate of drug-likeness (QED) is 0.0540. The van der Waals surface area contributed by atoms with Crippen LogP contribution in [0.25, 0.3) is 0 Å². The highest BCUT2D eigenvalue weighted by molar-refractivity contribution is 5.99. The van der Waals surface area contributed by atoms with Crippen molar-refractivity contribution in [2.24, 2.45) is 5.41 Å². The second kappa shape index (κ2) is 27.5. The molecule has 0 aliphatic rings. The van der Waals surface area contributed by atoms with Gasteiger partial charge in [0.05, 0.1) is 13.2 Å². The molecular weight excluding hydrogens is 472 g/mol. The molecular formula is C34H66O4. The van der Waals surface area contributed by atoms with Crippen LogP contribution in [-0.4, -0.2) is 25.2 Å². The Morgan fingerprint density at radius 2 is 0.605 bits per heavy atom. The van der Waals surface area contributed by atoms with Gasteiger partial charge in [0.15, 0.2) is 5.41 Å². The van der Waals surface area contributed by atoms with Crippen molar-refractivity contribution >= 4 is 11.9 Å². The van der Waals surface area contributed by atoms with Gasteiger partial charge >= 0.3 is 11.9 Å². The summed E-state index contributed by atoms with van der Waals surface area (Å²) in [6.45, 7) is 8.54. The normalized spacial score (nSPS) is 11.6. The van der Waals surface area contributed by atoms with Gasteiger partial charge in [-0.05, 0) is 26.7 Å². The predicted octanol–water partition coefficient (Wildman–Crippen LogP) is 10.9. The topological polar surface area (TPSA) is 52.6 Å². The smallest absolute Gasteiger partial charge is 0.322 e. The second-order valence-corrected chi connectivity index (χ2v) is 12.0. The summed E-state index contributed by atoms with van der Waals surface area (Å²) in [7, 11) is 0. The van der Waals surface area contributed by atoms with E-state index >= 15 is 0 Å². The van der Waals surface area contributed by atoms with E-state index in [0.29, 0.717) is 13.2 Å². The van der Waals surface area contributed by atoms with E-state index in [2.05, 4.69) is 13.8 Å². The van der Waals surface area contributed by atoms with E-state index in [1.807, 2.05) is 0 Å².